The van der Waals surface area contributed by atoms with Crippen LogP contribution in [-0.4, -0.2) is 49.3 Å². The van der Waals surface area contributed by atoms with Gasteiger partial charge in [0.2, 0.25) is 0 Å². The van der Waals surface area contributed by atoms with Crippen molar-refractivity contribution in [1.29, 1.82) is 0 Å². The van der Waals surface area contributed by atoms with Crippen molar-refractivity contribution < 1.29 is 4.74 Å². The summed E-state index contributed by atoms with van der Waals surface area (Å²) in [6.45, 7) is 4.78. The average Bonchev–Trinajstić information content (AvgIpc) is 2.72. The van der Waals surface area contributed by atoms with E-state index in [0.717, 1.165) is 6.54 Å². The van der Waals surface area contributed by atoms with Gasteiger partial charge in [-0.05, 0) is 32.1 Å². The van der Waals surface area contributed by atoms with Crippen molar-refractivity contribution in [2.24, 2.45) is 0 Å². The fraction of sp³-hybridized carbons (Fsp3) is 1.00. The molecule has 1 spiro atoms. The normalized spacial score (nSPS) is 31.6. The van der Waals surface area contributed by atoms with E-state index in [0.29, 0.717) is 5.54 Å². The summed E-state index contributed by atoms with van der Waals surface area (Å²) < 4.78 is 5.77. The molecule has 2 aliphatic carbocycles. The highest BCUT2D eigenvalue weighted by atomic mass is 16.5. The van der Waals surface area contributed by atoms with Crippen LogP contribution in [0.3, 0.4) is 0 Å². The number of methoxy groups -OCH3 is 1. The van der Waals surface area contributed by atoms with Crippen LogP contribution in [0.15, 0.2) is 0 Å². The van der Waals surface area contributed by atoms with Crippen LogP contribution in [-0.2, 0) is 4.74 Å². The first-order valence-corrected chi connectivity index (χ1v) is 7.29. The zero-order chi connectivity index (χ0) is 11.8. The lowest BCUT2D eigenvalue weighted by Crippen LogP contribution is -2.62. The molecule has 1 heterocycles. The molecule has 3 nitrogen and oxygen atoms in total. The second-order valence-electron chi connectivity index (χ2n) is 6.37. The summed E-state index contributed by atoms with van der Waals surface area (Å²) in [5.74, 6) is 0. The molecular weight excluding hydrogens is 212 g/mol. The van der Waals surface area contributed by atoms with E-state index in [-0.39, 0.29) is 5.60 Å². The highest BCUT2D eigenvalue weighted by molar-refractivity contribution is 5.01. The van der Waals surface area contributed by atoms with Gasteiger partial charge in [0.25, 0.3) is 0 Å². The molecule has 0 aromatic rings. The average molecular weight is 238 g/mol. The van der Waals surface area contributed by atoms with Crippen molar-refractivity contribution in [2.75, 3.05) is 33.3 Å². The van der Waals surface area contributed by atoms with E-state index in [4.69, 9.17) is 4.74 Å². The molecule has 1 saturated heterocycles. The summed E-state index contributed by atoms with van der Waals surface area (Å²) in [6, 6.07) is 0. The quantitative estimate of drug-likeness (QED) is 0.811. The molecule has 1 N–H and O–H groups in total. The van der Waals surface area contributed by atoms with Crippen LogP contribution in [0.1, 0.15) is 44.9 Å². The molecule has 98 valence electrons. The van der Waals surface area contributed by atoms with Gasteiger partial charge in [0.1, 0.15) is 0 Å². The van der Waals surface area contributed by atoms with Crippen LogP contribution in [0.2, 0.25) is 0 Å². The third-order valence-corrected chi connectivity index (χ3v) is 5.22. The molecule has 0 bridgehead atoms. The second kappa shape index (κ2) is 4.52. The number of nitrogens with zero attached hydrogens (tertiary/aromatic N) is 1. The van der Waals surface area contributed by atoms with Gasteiger partial charge in [-0.3, -0.25) is 4.90 Å². The number of ether oxygens (including phenoxy) is 1. The van der Waals surface area contributed by atoms with E-state index < -0.39 is 0 Å². The molecule has 17 heavy (non-hydrogen) atoms. The maximum absolute atomic E-state index is 5.77. The fourth-order valence-electron chi connectivity index (χ4n) is 3.97. The van der Waals surface area contributed by atoms with Crippen LogP contribution < -0.4 is 5.32 Å². The number of rotatable bonds is 3. The van der Waals surface area contributed by atoms with E-state index in [1.165, 1.54) is 64.6 Å². The van der Waals surface area contributed by atoms with Crippen LogP contribution >= 0.6 is 0 Å². The predicted octanol–water partition coefficient (Wildman–Crippen LogP) is 1.77. The Morgan fingerprint density at radius 3 is 2.47 bits per heavy atom. The molecule has 0 atom stereocenters. The van der Waals surface area contributed by atoms with Crippen molar-refractivity contribution in [2.45, 2.75) is 56.1 Å². The number of piperazine rings is 1. The van der Waals surface area contributed by atoms with Gasteiger partial charge in [0, 0.05) is 38.8 Å². The number of hydrogen-bond acceptors (Lipinski definition) is 3. The molecule has 0 amide bonds. The van der Waals surface area contributed by atoms with E-state index >= 15 is 0 Å². The lowest BCUT2D eigenvalue weighted by molar-refractivity contribution is -0.0971. The molecule has 3 heteroatoms. The van der Waals surface area contributed by atoms with Gasteiger partial charge in [-0.2, -0.15) is 0 Å². The predicted molar refractivity (Wildman–Crippen MR) is 69.2 cm³/mol. The molecule has 3 fully saturated rings. The lowest BCUT2D eigenvalue weighted by atomic mass is 9.79. The van der Waals surface area contributed by atoms with Gasteiger partial charge < -0.3 is 10.1 Å². The van der Waals surface area contributed by atoms with Crippen molar-refractivity contribution >= 4 is 0 Å². The summed E-state index contributed by atoms with van der Waals surface area (Å²) in [7, 11) is 1.90. The zero-order valence-corrected chi connectivity index (χ0v) is 11.1. The van der Waals surface area contributed by atoms with Crippen LogP contribution in [0.5, 0.6) is 0 Å². The molecule has 3 rings (SSSR count). The van der Waals surface area contributed by atoms with Crippen LogP contribution in [0.4, 0.5) is 0 Å². The highest BCUT2D eigenvalue weighted by Crippen LogP contribution is 2.38. The monoisotopic (exact) mass is 238 g/mol. The van der Waals surface area contributed by atoms with E-state index in [1.807, 2.05) is 7.11 Å². The molecular formula is C14H26N2O. The Labute approximate surface area is 105 Å². The van der Waals surface area contributed by atoms with Crippen molar-refractivity contribution in [3.05, 3.63) is 0 Å². The van der Waals surface area contributed by atoms with Crippen molar-refractivity contribution in [3.63, 3.8) is 0 Å². The van der Waals surface area contributed by atoms with E-state index in [1.54, 1.807) is 0 Å². The third kappa shape index (κ3) is 2.25. The first kappa shape index (κ1) is 11.9. The Morgan fingerprint density at radius 1 is 1.12 bits per heavy atom. The topological polar surface area (TPSA) is 24.5 Å². The minimum Gasteiger partial charge on any atom is -0.377 e. The van der Waals surface area contributed by atoms with E-state index in [2.05, 4.69) is 10.2 Å². The Balaban J connectivity index is 1.60. The van der Waals surface area contributed by atoms with Crippen LogP contribution in [0.25, 0.3) is 0 Å². The third-order valence-electron chi connectivity index (χ3n) is 5.22. The number of hydrogen-bond donors (Lipinski definition) is 1. The maximum Gasteiger partial charge on any atom is 0.0805 e. The maximum atomic E-state index is 5.77. The second-order valence-corrected chi connectivity index (χ2v) is 6.37. The molecule has 3 aliphatic rings. The summed E-state index contributed by atoms with van der Waals surface area (Å²) in [6.07, 6.45) is 9.46. The molecule has 2 saturated carbocycles. The summed E-state index contributed by atoms with van der Waals surface area (Å²) >= 11 is 0. The Hall–Kier alpha value is -0.120. The SMILES string of the molecule is COC1(CN2CCNC3(CCCC3)C2)CCC1. The van der Waals surface area contributed by atoms with Gasteiger partial charge in [-0.25, -0.2) is 0 Å². The van der Waals surface area contributed by atoms with Crippen molar-refractivity contribution in [3.8, 4) is 0 Å². The standard InChI is InChI=1S/C14H26N2O/c1-17-14(7-4-8-14)12-16-10-9-15-13(11-16)5-2-3-6-13/h15H,2-12H2,1H3. The summed E-state index contributed by atoms with van der Waals surface area (Å²) in [5, 5.41) is 3.78. The van der Waals surface area contributed by atoms with Crippen molar-refractivity contribution in [1.82, 2.24) is 10.2 Å². The highest BCUT2D eigenvalue weighted by Gasteiger charge is 2.43. The zero-order valence-electron chi connectivity index (χ0n) is 11.1. The Bertz CT molecular complexity index is 262. The molecule has 0 radical (unpaired) electrons. The van der Waals surface area contributed by atoms with Gasteiger partial charge in [-0.15, -0.1) is 0 Å². The van der Waals surface area contributed by atoms with Gasteiger partial charge in [0.05, 0.1) is 5.60 Å². The summed E-state index contributed by atoms with van der Waals surface area (Å²) in [5.41, 5.74) is 0.661. The van der Waals surface area contributed by atoms with E-state index in [9.17, 15) is 0 Å². The fourth-order valence-corrected chi connectivity index (χ4v) is 3.97. The van der Waals surface area contributed by atoms with Gasteiger partial charge >= 0.3 is 0 Å². The smallest absolute Gasteiger partial charge is 0.0805 e. The minimum atomic E-state index is 0.205. The largest absolute Gasteiger partial charge is 0.377 e. The Morgan fingerprint density at radius 2 is 1.88 bits per heavy atom. The minimum absolute atomic E-state index is 0.205. The first-order chi connectivity index (χ1) is 8.26. The first-order valence-electron chi connectivity index (χ1n) is 7.29. The summed E-state index contributed by atoms with van der Waals surface area (Å²) in [4.78, 5) is 2.66. The van der Waals surface area contributed by atoms with Gasteiger partial charge in [0.15, 0.2) is 0 Å². The molecule has 0 aromatic heterocycles. The molecule has 0 aromatic carbocycles. The Kier molecular flexibility index (Phi) is 3.18. The molecule has 1 aliphatic heterocycles. The van der Waals surface area contributed by atoms with Gasteiger partial charge in [-0.1, -0.05) is 12.8 Å². The molecule has 0 unspecified atom stereocenters. The lowest BCUT2D eigenvalue weighted by Gasteiger charge is -2.48. The number of nitrogens with one attached hydrogen (secondary N) is 1. The van der Waals surface area contributed by atoms with Crippen LogP contribution in [0, 0.1) is 0 Å².